The van der Waals surface area contributed by atoms with Gasteiger partial charge in [0, 0.05) is 17.3 Å². The van der Waals surface area contributed by atoms with Crippen LogP contribution in [0.1, 0.15) is 25.1 Å². The molecular formula is C20H19N3O4. The summed E-state index contributed by atoms with van der Waals surface area (Å²) < 4.78 is 16.6. The molecule has 0 radical (unpaired) electrons. The number of aromatic nitrogens is 1. The minimum Gasteiger partial charge on any atom is -0.490 e. The van der Waals surface area contributed by atoms with Gasteiger partial charge in [-0.2, -0.15) is 5.26 Å². The van der Waals surface area contributed by atoms with Crippen LogP contribution >= 0.6 is 0 Å². The average Bonchev–Trinajstić information content (AvgIpc) is 2.62. The van der Waals surface area contributed by atoms with Gasteiger partial charge in [-0.25, -0.2) is 0 Å². The third-order valence-corrected chi connectivity index (χ3v) is 4.01. The molecule has 0 saturated carbocycles. The molecule has 0 spiro atoms. The summed E-state index contributed by atoms with van der Waals surface area (Å²) in [6.07, 6.45) is 0. The van der Waals surface area contributed by atoms with E-state index in [1.807, 2.05) is 19.9 Å². The van der Waals surface area contributed by atoms with E-state index in [9.17, 15) is 10.1 Å². The molecule has 7 nitrogen and oxygen atoms in total. The Hall–Kier alpha value is -3.53. The Bertz CT molecular complexity index is 1170. The van der Waals surface area contributed by atoms with Crippen LogP contribution in [0.4, 0.5) is 0 Å². The molecule has 0 fully saturated rings. The number of pyridine rings is 1. The number of fused-ring (bicyclic) bond motifs is 1. The minimum absolute atomic E-state index is 0.0107. The SMILES string of the molecule is CCOc1ccc(-c2c(C#N)c(=N)oc3cc(C)[nH]c(=O)c23)cc1OCC. The number of hydrogen-bond donors (Lipinski definition) is 2. The normalized spacial score (nSPS) is 10.6. The van der Waals surface area contributed by atoms with Crippen LogP contribution in [0.15, 0.2) is 33.5 Å². The van der Waals surface area contributed by atoms with Crippen molar-refractivity contribution in [1.82, 2.24) is 4.98 Å². The third-order valence-electron chi connectivity index (χ3n) is 4.01. The van der Waals surface area contributed by atoms with Crippen molar-refractivity contribution in [1.29, 1.82) is 10.7 Å². The fourth-order valence-electron chi connectivity index (χ4n) is 2.98. The van der Waals surface area contributed by atoms with E-state index < -0.39 is 0 Å². The number of rotatable bonds is 5. The number of aryl methyl sites for hydroxylation is 1. The molecule has 0 unspecified atom stereocenters. The lowest BCUT2D eigenvalue weighted by Gasteiger charge is -2.14. The zero-order chi connectivity index (χ0) is 19.6. The fraction of sp³-hybridized carbons (Fsp3) is 0.250. The molecule has 0 amide bonds. The predicted octanol–water partition coefficient (Wildman–Crippen LogP) is 3.25. The Morgan fingerprint density at radius 2 is 1.89 bits per heavy atom. The number of nitriles is 1. The summed E-state index contributed by atoms with van der Waals surface area (Å²) in [6.45, 7) is 6.36. The second-order valence-electron chi connectivity index (χ2n) is 5.84. The van der Waals surface area contributed by atoms with E-state index in [4.69, 9.17) is 19.3 Å². The highest BCUT2D eigenvalue weighted by molar-refractivity contribution is 5.95. The van der Waals surface area contributed by atoms with Crippen LogP contribution in [0, 0.1) is 23.7 Å². The van der Waals surface area contributed by atoms with E-state index in [1.54, 1.807) is 31.2 Å². The van der Waals surface area contributed by atoms with Crippen LogP contribution in [0.5, 0.6) is 11.5 Å². The van der Waals surface area contributed by atoms with Gasteiger partial charge in [0.1, 0.15) is 17.2 Å². The van der Waals surface area contributed by atoms with E-state index in [-0.39, 0.29) is 27.6 Å². The zero-order valence-electron chi connectivity index (χ0n) is 15.3. The molecule has 2 N–H and O–H groups in total. The second-order valence-corrected chi connectivity index (χ2v) is 5.84. The minimum atomic E-state index is -0.382. The van der Waals surface area contributed by atoms with Crippen LogP contribution < -0.4 is 20.6 Å². The average molecular weight is 365 g/mol. The lowest BCUT2D eigenvalue weighted by molar-refractivity contribution is 0.288. The molecular weight excluding hydrogens is 346 g/mol. The van der Waals surface area contributed by atoms with Crippen molar-refractivity contribution in [3.63, 3.8) is 0 Å². The topological polar surface area (TPSA) is 112 Å². The number of nitrogens with zero attached hydrogens (tertiary/aromatic N) is 1. The first-order valence-electron chi connectivity index (χ1n) is 8.55. The zero-order valence-corrected chi connectivity index (χ0v) is 15.3. The number of H-pyrrole nitrogens is 1. The molecule has 0 saturated heterocycles. The second kappa shape index (κ2) is 7.38. The van der Waals surface area contributed by atoms with Gasteiger partial charge in [0.2, 0.25) is 5.55 Å². The van der Waals surface area contributed by atoms with Crippen molar-refractivity contribution in [2.24, 2.45) is 0 Å². The molecule has 7 heteroatoms. The maximum absolute atomic E-state index is 12.6. The van der Waals surface area contributed by atoms with Crippen molar-refractivity contribution in [3.05, 3.63) is 51.4 Å². The van der Waals surface area contributed by atoms with Gasteiger partial charge in [-0.1, -0.05) is 6.07 Å². The Balaban J connectivity index is 2.40. The summed E-state index contributed by atoms with van der Waals surface area (Å²) in [4.78, 5) is 15.3. The molecule has 0 aliphatic rings. The van der Waals surface area contributed by atoms with Gasteiger partial charge in [0.05, 0.1) is 18.6 Å². The molecule has 0 atom stereocenters. The van der Waals surface area contributed by atoms with Crippen LogP contribution in [0.3, 0.4) is 0 Å². The highest BCUT2D eigenvalue weighted by atomic mass is 16.5. The number of hydrogen-bond acceptors (Lipinski definition) is 6. The van der Waals surface area contributed by atoms with E-state index >= 15 is 0 Å². The smallest absolute Gasteiger partial charge is 0.259 e. The molecule has 138 valence electrons. The predicted molar refractivity (Wildman–Crippen MR) is 99.9 cm³/mol. The molecule has 1 aromatic carbocycles. The van der Waals surface area contributed by atoms with E-state index in [1.165, 1.54) is 0 Å². The van der Waals surface area contributed by atoms with Gasteiger partial charge >= 0.3 is 0 Å². The molecule has 3 aromatic rings. The van der Waals surface area contributed by atoms with Crippen molar-refractivity contribution >= 4 is 11.0 Å². The standard InChI is InChI=1S/C20H19N3O4/c1-4-25-14-7-6-12(9-15(14)26-5-2)17-13(10-21)19(22)27-16-8-11(3)23-20(24)18(16)17/h6-9,22H,4-5H2,1-3H3,(H,23,24). The first-order chi connectivity index (χ1) is 13.0. The molecule has 2 heterocycles. The molecule has 0 aliphatic heterocycles. The third kappa shape index (κ3) is 3.29. The molecule has 2 aromatic heterocycles. The Labute approximate surface area is 155 Å². The van der Waals surface area contributed by atoms with Crippen LogP contribution in [-0.2, 0) is 0 Å². The van der Waals surface area contributed by atoms with Gasteiger partial charge in [0.25, 0.3) is 5.56 Å². The molecule has 0 bridgehead atoms. The number of ether oxygens (including phenoxy) is 2. The number of aromatic amines is 1. The van der Waals surface area contributed by atoms with E-state index in [0.717, 1.165) is 0 Å². The van der Waals surface area contributed by atoms with Crippen molar-refractivity contribution in [2.45, 2.75) is 20.8 Å². The highest BCUT2D eigenvalue weighted by Crippen LogP contribution is 2.35. The Kier molecular flexibility index (Phi) is 4.99. The lowest BCUT2D eigenvalue weighted by atomic mass is 9.97. The first-order valence-corrected chi connectivity index (χ1v) is 8.55. The van der Waals surface area contributed by atoms with Gasteiger partial charge in [-0.15, -0.1) is 0 Å². The fourth-order valence-corrected chi connectivity index (χ4v) is 2.98. The van der Waals surface area contributed by atoms with Gasteiger partial charge in [-0.05, 0) is 38.5 Å². The summed E-state index contributed by atoms with van der Waals surface area (Å²) in [5.74, 6) is 1.08. The van der Waals surface area contributed by atoms with Crippen molar-refractivity contribution in [3.8, 4) is 28.7 Å². The molecule has 27 heavy (non-hydrogen) atoms. The van der Waals surface area contributed by atoms with Gasteiger partial charge < -0.3 is 18.9 Å². The largest absolute Gasteiger partial charge is 0.490 e. The van der Waals surface area contributed by atoms with Gasteiger partial charge in [-0.3, -0.25) is 10.2 Å². The summed E-state index contributed by atoms with van der Waals surface area (Å²) in [5.41, 5.74) is 1.08. The monoisotopic (exact) mass is 365 g/mol. The molecule has 3 rings (SSSR count). The number of nitrogens with one attached hydrogen (secondary N) is 2. The van der Waals surface area contributed by atoms with Crippen LogP contribution in [-0.4, -0.2) is 18.2 Å². The summed E-state index contributed by atoms with van der Waals surface area (Å²) >= 11 is 0. The highest BCUT2D eigenvalue weighted by Gasteiger charge is 2.19. The van der Waals surface area contributed by atoms with E-state index in [0.29, 0.717) is 41.5 Å². The first kappa shape index (κ1) is 18.3. The summed E-state index contributed by atoms with van der Waals surface area (Å²) in [6, 6.07) is 8.80. The summed E-state index contributed by atoms with van der Waals surface area (Å²) in [5, 5.41) is 17.9. The van der Waals surface area contributed by atoms with Crippen LogP contribution in [0.25, 0.3) is 22.1 Å². The maximum atomic E-state index is 12.6. The maximum Gasteiger partial charge on any atom is 0.259 e. The number of benzene rings is 1. The summed E-state index contributed by atoms with van der Waals surface area (Å²) in [7, 11) is 0. The Morgan fingerprint density at radius 3 is 2.56 bits per heavy atom. The van der Waals surface area contributed by atoms with Crippen molar-refractivity contribution in [2.75, 3.05) is 13.2 Å². The molecule has 0 aliphatic carbocycles. The quantitative estimate of drug-likeness (QED) is 0.721. The van der Waals surface area contributed by atoms with Crippen molar-refractivity contribution < 1.29 is 13.9 Å². The van der Waals surface area contributed by atoms with Gasteiger partial charge in [0.15, 0.2) is 11.5 Å². The van der Waals surface area contributed by atoms with E-state index in [2.05, 4.69) is 4.98 Å². The Morgan fingerprint density at radius 1 is 1.19 bits per heavy atom. The van der Waals surface area contributed by atoms with Crippen LogP contribution in [0.2, 0.25) is 0 Å². The lowest BCUT2D eigenvalue weighted by Crippen LogP contribution is -2.15.